The lowest BCUT2D eigenvalue weighted by molar-refractivity contribution is -0.104. The highest BCUT2D eigenvalue weighted by molar-refractivity contribution is 5.85. The third-order valence-corrected chi connectivity index (χ3v) is 13.0. The fourth-order valence-corrected chi connectivity index (χ4v) is 12.2. The van der Waals surface area contributed by atoms with E-state index < -0.39 is 0 Å². The molecule has 0 spiro atoms. The number of hydrogen-bond acceptors (Lipinski definition) is 2. The minimum absolute atomic E-state index is 0. The monoisotopic (exact) mass is 599 g/mol. The maximum Gasteiger partial charge on any atom is 0.0583 e. The van der Waals surface area contributed by atoms with Gasteiger partial charge in [-0.3, -0.25) is 0 Å². The van der Waals surface area contributed by atoms with Gasteiger partial charge >= 0.3 is 0 Å². The largest absolute Gasteiger partial charge is 0.393 e. The summed E-state index contributed by atoms with van der Waals surface area (Å²) in [6.45, 7) is 19.0. The molecule has 0 aromatic carbocycles. The van der Waals surface area contributed by atoms with E-state index >= 15 is 0 Å². The van der Waals surface area contributed by atoms with Gasteiger partial charge in [0.1, 0.15) is 0 Å². The van der Waals surface area contributed by atoms with Crippen LogP contribution in [0.4, 0.5) is 0 Å². The Kier molecular flexibility index (Phi) is 10.7. The third kappa shape index (κ3) is 7.45. The number of rotatable bonds is 6. The van der Waals surface area contributed by atoms with Crippen LogP contribution in [0.2, 0.25) is 0 Å². The van der Waals surface area contributed by atoms with E-state index in [0.29, 0.717) is 16.2 Å². The molecule has 0 heterocycles. The van der Waals surface area contributed by atoms with Crippen molar-refractivity contribution in [2.75, 3.05) is 0 Å². The van der Waals surface area contributed by atoms with Crippen LogP contribution in [0.15, 0.2) is 35.5 Å². The Labute approximate surface area is 266 Å². The van der Waals surface area contributed by atoms with Crippen molar-refractivity contribution < 1.29 is 5.11 Å². The normalized spacial score (nSPS) is 45.0. The molecule has 0 amide bonds. The Bertz CT molecular complexity index is 975. The van der Waals surface area contributed by atoms with Gasteiger partial charge in [-0.15, -0.1) is 12.4 Å². The average Bonchev–Trinajstić information content (AvgIpc) is 3.19. The van der Waals surface area contributed by atoms with Crippen molar-refractivity contribution in [3.63, 3.8) is 0 Å². The van der Waals surface area contributed by atoms with E-state index in [9.17, 15) is 5.11 Å². The maximum absolute atomic E-state index is 10.0. The summed E-state index contributed by atoms with van der Waals surface area (Å²) in [5.41, 5.74) is 12.6. The SMILES string of the molecule is C=C1CC[C@H](O)C/C1=C/C=C1\CCC[C@]2(C)[C@@H]([C@H](C)CCCC(C)C)CC[C@@H]12.C[C@]12CC3CC(N)(C1)C[C@@](C)(C3)C2.Cl. The lowest BCUT2D eigenvalue weighted by Gasteiger charge is -2.64. The first-order valence-corrected chi connectivity index (χ1v) is 17.8. The molecule has 9 atom stereocenters. The van der Waals surface area contributed by atoms with Gasteiger partial charge in [-0.1, -0.05) is 90.7 Å². The summed E-state index contributed by atoms with van der Waals surface area (Å²) in [7, 11) is 0. The van der Waals surface area contributed by atoms with Crippen molar-refractivity contribution in [3.8, 4) is 0 Å². The van der Waals surface area contributed by atoms with Crippen molar-refractivity contribution in [1.82, 2.24) is 0 Å². The lowest BCUT2D eigenvalue weighted by Crippen LogP contribution is -2.62. The van der Waals surface area contributed by atoms with Crippen molar-refractivity contribution in [2.45, 2.75) is 162 Å². The Morgan fingerprint density at radius 2 is 1.62 bits per heavy atom. The van der Waals surface area contributed by atoms with Crippen molar-refractivity contribution in [2.24, 2.45) is 51.6 Å². The lowest BCUT2D eigenvalue weighted by atomic mass is 9.43. The zero-order valence-corrected chi connectivity index (χ0v) is 29.1. The van der Waals surface area contributed by atoms with Gasteiger partial charge in [-0.25, -0.2) is 0 Å². The number of fused-ring (bicyclic) bond motifs is 1. The molecule has 0 aromatic rings. The highest BCUT2D eigenvalue weighted by atomic mass is 35.5. The average molecular weight is 600 g/mol. The van der Waals surface area contributed by atoms with Crippen LogP contribution >= 0.6 is 12.4 Å². The molecule has 7 saturated carbocycles. The molecule has 4 bridgehead atoms. The molecular formula is C39H66ClNO. The molecule has 3 N–H and O–H groups in total. The van der Waals surface area contributed by atoms with Gasteiger partial charge in [-0.2, -0.15) is 0 Å². The summed E-state index contributed by atoms with van der Waals surface area (Å²) in [4.78, 5) is 0. The molecule has 7 aliphatic carbocycles. The fraction of sp³-hybridized carbons (Fsp3) is 0.846. The molecule has 0 saturated heterocycles. The molecular weight excluding hydrogens is 534 g/mol. The molecule has 2 unspecified atom stereocenters. The summed E-state index contributed by atoms with van der Waals surface area (Å²) in [6.07, 6.45) is 26.5. The van der Waals surface area contributed by atoms with E-state index in [1.54, 1.807) is 5.57 Å². The number of hydrogen-bond donors (Lipinski definition) is 2. The van der Waals surface area contributed by atoms with E-state index in [0.717, 1.165) is 48.9 Å². The summed E-state index contributed by atoms with van der Waals surface area (Å²) in [6, 6.07) is 0. The first kappa shape index (κ1) is 34.3. The van der Waals surface area contributed by atoms with Crippen molar-refractivity contribution in [3.05, 3.63) is 35.5 Å². The standard InChI is InChI=1S/C27H44O.C12H21N.ClH/c1-19(2)8-6-9-21(4)25-15-16-26-22(10-7-17-27(25,26)5)12-13-23-18-24(28)14-11-20(23)3;1-10-3-9-4-11(2,6-10)8-12(13,5-9)7-10;/h12-13,19,21,24-26,28H,3,6-11,14-18H2,1-2,4-5H3;9H,3-8,13H2,1-2H3;1H/b22-12+,23-13-;;/t21-,24+,25-,26+,27-;9?,10-,11+,12?;/m1../s1. The zero-order valence-electron chi connectivity index (χ0n) is 28.3. The second-order valence-corrected chi connectivity index (χ2v) is 17.8. The molecule has 0 aromatic heterocycles. The maximum atomic E-state index is 10.0. The van der Waals surface area contributed by atoms with Crippen LogP contribution in [0.5, 0.6) is 0 Å². The third-order valence-electron chi connectivity index (χ3n) is 13.0. The molecule has 7 rings (SSSR count). The first-order valence-electron chi connectivity index (χ1n) is 17.8. The van der Waals surface area contributed by atoms with Gasteiger partial charge < -0.3 is 10.8 Å². The van der Waals surface area contributed by atoms with E-state index in [4.69, 9.17) is 5.73 Å². The van der Waals surface area contributed by atoms with Gasteiger partial charge in [-0.05, 0) is 141 Å². The summed E-state index contributed by atoms with van der Waals surface area (Å²) in [5, 5.41) is 10.0. The topological polar surface area (TPSA) is 46.2 Å². The second-order valence-electron chi connectivity index (χ2n) is 17.8. The quantitative estimate of drug-likeness (QED) is 0.319. The zero-order chi connectivity index (χ0) is 29.6. The molecule has 2 nitrogen and oxygen atoms in total. The first-order chi connectivity index (χ1) is 19.2. The number of aliphatic hydroxyl groups excluding tert-OH is 1. The molecule has 240 valence electrons. The van der Waals surface area contributed by atoms with Crippen LogP contribution in [-0.2, 0) is 0 Å². The number of nitrogens with two attached hydrogens (primary N) is 1. The minimum atomic E-state index is -0.172. The van der Waals surface area contributed by atoms with Crippen LogP contribution in [0.25, 0.3) is 0 Å². The van der Waals surface area contributed by atoms with E-state index in [1.807, 2.05) is 0 Å². The Morgan fingerprint density at radius 1 is 0.929 bits per heavy atom. The van der Waals surface area contributed by atoms with Crippen LogP contribution in [-0.4, -0.2) is 16.7 Å². The smallest absolute Gasteiger partial charge is 0.0583 e. The van der Waals surface area contributed by atoms with Gasteiger partial charge in [0.15, 0.2) is 0 Å². The van der Waals surface area contributed by atoms with E-state index in [-0.39, 0.29) is 24.0 Å². The highest BCUT2D eigenvalue weighted by Gasteiger charge is 2.58. The summed E-state index contributed by atoms with van der Waals surface area (Å²) < 4.78 is 0. The highest BCUT2D eigenvalue weighted by Crippen LogP contribution is 2.65. The van der Waals surface area contributed by atoms with Gasteiger partial charge in [0.25, 0.3) is 0 Å². The van der Waals surface area contributed by atoms with Crippen molar-refractivity contribution >= 4 is 12.4 Å². The number of aliphatic hydroxyl groups is 1. The van der Waals surface area contributed by atoms with Crippen molar-refractivity contribution in [1.29, 1.82) is 0 Å². The number of allylic oxidation sites excluding steroid dienone is 4. The van der Waals surface area contributed by atoms with E-state index in [1.165, 1.54) is 101 Å². The second kappa shape index (κ2) is 13.0. The molecule has 7 aliphatic rings. The van der Waals surface area contributed by atoms with Crippen LogP contribution in [0.1, 0.15) is 151 Å². The van der Waals surface area contributed by atoms with E-state index in [2.05, 4.69) is 60.3 Å². The Balaban J connectivity index is 0.000000239. The predicted molar refractivity (Wildman–Crippen MR) is 183 cm³/mol. The molecule has 3 heteroatoms. The fourth-order valence-electron chi connectivity index (χ4n) is 12.2. The van der Waals surface area contributed by atoms with Crippen LogP contribution in [0.3, 0.4) is 0 Å². The minimum Gasteiger partial charge on any atom is -0.393 e. The summed E-state index contributed by atoms with van der Waals surface area (Å²) >= 11 is 0. The van der Waals surface area contributed by atoms with Gasteiger partial charge in [0, 0.05) is 5.54 Å². The molecule has 42 heavy (non-hydrogen) atoms. The number of halogens is 1. The molecule has 7 fully saturated rings. The Hall–Kier alpha value is -0.570. The van der Waals surface area contributed by atoms with Crippen LogP contribution in [0, 0.1) is 45.8 Å². The van der Waals surface area contributed by atoms with Gasteiger partial charge in [0.05, 0.1) is 6.10 Å². The molecule has 0 aliphatic heterocycles. The molecule has 0 radical (unpaired) electrons. The van der Waals surface area contributed by atoms with Crippen LogP contribution < -0.4 is 5.73 Å². The predicted octanol–water partition coefficient (Wildman–Crippen LogP) is 10.7. The van der Waals surface area contributed by atoms with Gasteiger partial charge in [0.2, 0.25) is 0 Å². The summed E-state index contributed by atoms with van der Waals surface area (Å²) in [5.74, 6) is 4.32. The Morgan fingerprint density at radius 3 is 2.24 bits per heavy atom.